The number of aromatic amines is 1. The number of benzene rings is 1. The molecule has 7 heteroatoms. The molecule has 7 nitrogen and oxygen atoms in total. The molecule has 0 spiro atoms. The molecule has 1 amide bonds. The van der Waals surface area contributed by atoms with Crippen molar-refractivity contribution in [1.82, 2.24) is 24.2 Å². The Bertz CT molecular complexity index is 965. The van der Waals surface area contributed by atoms with Gasteiger partial charge in [0, 0.05) is 36.9 Å². The standard InChI is InChI=1S/C17H19N5O2/c1-2-7-22-17(24)21-9-8-20(11-15(21)19-22)16(23)13-4-3-12-5-6-18-14(12)10-13/h3-6,10,18H,2,7-9,11H2,1H3. The highest BCUT2D eigenvalue weighted by atomic mass is 16.2. The van der Waals surface area contributed by atoms with Crippen LogP contribution in [0.25, 0.3) is 10.9 Å². The fraction of sp³-hybridized carbons (Fsp3) is 0.353. The van der Waals surface area contributed by atoms with Crippen LogP contribution < -0.4 is 5.69 Å². The minimum atomic E-state index is -0.0771. The van der Waals surface area contributed by atoms with Crippen molar-refractivity contribution in [3.05, 3.63) is 52.3 Å². The van der Waals surface area contributed by atoms with Crippen molar-refractivity contribution in [3.8, 4) is 0 Å². The van der Waals surface area contributed by atoms with E-state index in [1.165, 1.54) is 4.68 Å². The summed E-state index contributed by atoms with van der Waals surface area (Å²) in [6.45, 7) is 4.00. The van der Waals surface area contributed by atoms with Crippen LogP contribution in [-0.4, -0.2) is 36.7 Å². The highest BCUT2D eigenvalue weighted by molar-refractivity contribution is 5.97. The van der Waals surface area contributed by atoms with Crippen LogP contribution in [0.2, 0.25) is 0 Å². The van der Waals surface area contributed by atoms with E-state index in [9.17, 15) is 9.59 Å². The van der Waals surface area contributed by atoms with Crippen LogP contribution >= 0.6 is 0 Å². The Morgan fingerprint density at radius 2 is 2.17 bits per heavy atom. The Kier molecular flexibility index (Phi) is 3.48. The molecule has 1 N–H and O–H groups in total. The Morgan fingerprint density at radius 3 is 3.00 bits per heavy atom. The lowest BCUT2D eigenvalue weighted by molar-refractivity contribution is 0.0706. The number of nitrogens with zero attached hydrogens (tertiary/aromatic N) is 4. The summed E-state index contributed by atoms with van der Waals surface area (Å²) in [6, 6.07) is 7.63. The number of nitrogens with one attached hydrogen (secondary N) is 1. The smallest absolute Gasteiger partial charge is 0.346 e. The van der Waals surface area contributed by atoms with E-state index < -0.39 is 0 Å². The zero-order chi connectivity index (χ0) is 16.7. The predicted octanol–water partition coefficient (Wildman–Crippen LogP) is 1.59. The van der Waals surface area contributed by atoms with Crippen LogP contribution in [0.4, 0.5) is 0 Å². The number of H-pyrrole nitrogens is 1. The molecule has 4 rings (SSSR count). The minimum absolute atomic E-state index is 0.0322. The summed E-state index contributed by atoms with van der Waals surface area (Å²) >= 11 is 0. The summed E-state index contributed by atoms with van der Waals surface area (Å²) in [5.41, 5.74) is 1.52. The molecule has 24 heavy (non-hydrogen) atoms. The maximum atomic E-state index is 12.8. The fourth-order valence-corrected chi connectivity index (χ4v) is 3.19. The average Bonchev–Trinajstić information content (AvgIpc) is 3.18. The van der Waals surface area contributed by atoms with Crippen molar-refractivity contribution in [2.75, 3.05) is 6.54 Å². The number of amides is 1. The highest BCUT2D eigenvalue weighted by Gasteiger charge is 2.25. The van der Waals surface area contributed by atoms with E-state index in [-0.39, 0.29) is 11.6 Å². The van der Waals surface area contributed by atoms with Crippen LogP contribution in [0.15, 0.2) is 35.3 Å². The van der Waals surface area contributed by atoms with Gasteiger partial charge in [-0.1, -0.05) is 13.0 Å². The summed E-state index contributed by atoms with van der Waals surface area (Å²) in [7, 11) is 0. The Morgan fingerprint density at radius 1 is 1.29 bits per heavy atom. The summed E-state index contributed by atoms with van der Waals surface area (Å²) in [5.74, 6) is 0.629. The van der Waals surface area contributed by atoms with Gasteiger partial charge in [-0.05, 0) is 30.0 Å². The molecule has 1 aliphatic heterocycles. The number of aryl methyl sites for hydroxylation is 1. The second-order valence-corrected chi connectivity index (χ2v) is 6.08. The van der Waals surface area contributed by atoms with E-state index in [4.69, 9.17) is 0 Å². The zero-order valence-corrected chi connectivity index (χ0v) is 13.5. The van der Waals surface area contributed by atoms with Gasteiger partial charge >= 0.3 is 5.69 Å². The molecular weight excluding hydrogens is 306 g/mol. The van der Waals surface area contributed by atoms with Crippen molar-refractivity contribution < 1.29 is 4.79 Å². The predicted molar refractivity (Wildman–Crippen MR) is 89.8 cm³/mol. The van der Waals surface area contributed by atoms with Gasteiger partial charge in [0.25, 0.3) is 5.91 Å². The van der Waals surface area contributed by atoms with Gasteiger partial charge in [0.05, 0.1) is 6.54 Å². The zero-order valence-electron chi connectivity index (χ0n) is 13.5. The number of carbonyl (C=O) groups is 1. The molecule has 0 unspecified atom stereocenters. The molecule has 2 aromatic heterocycles. The van der Waals surface area contributed by atoms with E-state index in [0.717, 1.165) is 17.3 Å². The molecule has 0 radical (unpaired) electrons. The first-order chi connectivity index (χ1) is 11.7. The Hall–Kier alpha value is -2.83. The Balaban J connectivity index is 1.60. The quantitative estimate of drug-likeness (QED) is 0.794. The van der Waals surface area contributed by atoms with Crippen LogP contribution in [0.1, 0.15) is 29.5 Å². The monoisotopic (exact) mass is 325 g/mol. The first kappa shape index (κ1) is 14.7. The number of hydrogen-bond acceptors (Lipinski definition) is 3. The van der Waals surface area contributed by atoms with Crippen LogP contribution in [0, 0.1) is 0 Å². The second kappa shape index (κ2) is 5.67. The summed E-state index contributed by atoms with van der Waals surface area (Å²) in [6.07, 6.45) is 2.72. The van der Waals surface area contributed by atoms with Gasteiger partial charge in [0.15, 0.2) is 5.82 Å². The van der Waals surface area contributed by atoms with Crippen molar-refractivity contribution in [2.24, 2.45) is 0 Å². The maximum absolute atomic E-state index is 12.8. The minimum Gasteiger partial charge on any atom is -0.361 e. The third-order valence-electron chi connectivity index (χ3n) is 4.45. The van der Waals surface area contributed by atoms with Crippen molar-refractivity contribution in [1.29, 1.82) is 0 Å². The summed E-state index contributed by atoms with van der Waals surface area (Å²) in [4.78, 5) is 29.9. The normalized spacial score (nSPS) is 14.1. The molecule has 0 saturated heterocycles. The second-order valence-electron chi connectivity index (χ2n) is 6.08. The van der Waals surface area contributed by atoms with Crippen molar-refractivity contribution in [2.45, 2.75) is 33.0 Å². The largest absolute Gasteiger partial charge is 0.361 e. The molecule has 1 aromatic carbocycles. The number of carbonyl (C=O) groups excluding carboxylic acids is 1. The molecule has 0 fully saturated rings. The van der Waals surface area contributed by atoms with E-state index in [2.05, 4.69) is 10.1 Å². The first-order valence-corrected chi connectivity index (χ1v) is 8.20. The molecule has 0 atom stereocenters. The molecule has 3 aromatic rings. The maximum Gasteiger partial charge on any atom is 0.346 e. The molecule has 124 valence electrons. The van der Waals surface area contributed by atoms with E-state index in [1.54, 1.807) is 9.47 Å². The van der Waals surface area contributed by atoms with Crippen molar-refractivity contribution >= 4 is 16.8 Å². The molecule has 0 saturated carbocycles. The van der Waals surface area contributed by atoms with Crippen LogP contribution in [0.3, 0.4) is 0 Å². The summed E-state index contributed by atoms with van der Waals surface area (Å²) in [5, 5.41) is 5.46. The van der Waals surface area contributed by atoms with E-state index in [1.807, 2.05) is 37.4 Å². The third kappa shape index (κ3) is 2.33. The van der Waals surface area contributed by atoms with E-state index >= 15 is 0 Å². The lowest BCUT2D eigenvalue weighted by atomic mass is 10.1. The highest BCUT2D eigenvalue weighted by Crippen LogP contribution is 2.17. The average molecular weight is 325 g/mol. The SMILES string of the molecule is CCCn1nc2n(c1=O)CCN(C(=O)c1ccc3cc[nH]c3c1)C2. The molecule has 1 aliphatic rings. The van der Waals surface area contributed by atoms with Gasteiger partial charge in [-0.15, -0.1) is 0 Å². The Labute approximate surface area is 138 Å². The van der Waals surface area contributed by atoms with E-state index in [0.29, 0.717) is 37.6 Å². The van der Waals surface area contributed by atoms with Gasteiger partial charge in [0.2, 0.25) is 0 Å². The van der Waals surface area contributed by atoms with Gasteiger partial charge < -0.3 is 9.88 Å². The lowest BCUT2D eigenvalue weighted by Gasteiger charge is -2.26. The van der Waals surface area contributed by atoms with Gasteiger partial charge in [-0.3, -0.25) is 9.36 Å². The number of fused-ring (bicyclic) bond motifs is 2. The van der Waals surface area contributed by atoms with Crippen molar-refractivity contribution in [3.63, 3.8) is 0 Å². The number of rotatable bonds is 3. The summed E-state index contributed by atoms with van der Waals surface area (Å²) < 4.78 is 3.17. The van der Waals surface area contributed by atoms with Gasteiger partial charge in [-0.2, -0.15) is 5.10 Å². The number of hydrogen-bond donors (Lipinski definition) is 1. The first-order valence-electron chi connectivity index (χ1n) is 8.20. The van der Waals surface area contributed by atoms with Crippen LogP contribution in [0.5, 0.6) is 0 Å². The van der Waals surface area contributed by atoms with Crippen LogP contribution in [-0.2, 0) is 19.6 Å². The molecule has 0 aliphatic carbocycles. The molecular formula is C17H19N5O2. The third-order valence-corrected chi connectivity index (χ3v) is 4.45. The fourth-order valence-electron chi connectivity index (χ4n) is 3.19. The number of aromatic nitrogens is 4. The molecule has 0 bridgehead atoms. The topological polar surface area (TPSA) is 75.9 Å². The van der Waals surface area contributed by atoms with Gasteiger partial charge in [0.1, 0.15) is 0 Å². The molecule has 3 heterocycles. The van der Waals surface area contributed by atoms with Gasteiger partial charge in [-0.25, -0.2) is 9.48 Å². The lowest BCUT2D eigenvalue weighted by Crippen LogP contribution is -2.41.